The third kappa shape index (κ3) is 2.41. The van der Waals surface area contributed by atoms with Gasteiger partial charge >= 0.3 is 0 Å². The summed E-state index contributed by atoms with van der Waals surface area (Å²) in [5.41, 5.74) is 5.35. The number of nitrogens with one attached hydrogen (secondary N) is 1. The van der Waals surface area contributed by atoms with Crippen molar-refractivity contribution in [2.45, 2.75) is 13.8 Å². The van der Waals surface area contributed by atoms with Crippen LogP contribution in [0.3, 0.4) is 0 Å². The van der Waals surface area contributed by atoms with E-state index in [-0.39, 0.29) is 0 Å². The summed E-state index contributed by atoms with van der Waals surface area (Å²) in [5, 5.41) is 0. The molecule has 0 spiro atoms. The lowest BCUT2D eigenvalue weighted by Crippen LogP contribution is -2.10. The van der Waals surface area contributed by atoms with Gasteiger partial charge in [0.15, 0.2) is 5.82 Å². The minimum atomic E-state index is 0.583. The standard InChI is InChI=1S/C13H16N4O/c1-8-4-5-10(11(6-8)18-3)13-15-9(2)7-12(16-13)17-14/h4-7H,14H2,1-3H3,(H,15,16,17). The zero-order valence-corrected chi connectivity index (χ0v) is 10.7. The topological polar surface area (TPSA) is 73.1 Å². The molecule has 18 heavy (non-hydrogen) atoms. The first-order chi connectivity index (χ1) is 8.63. The SMILES string of the molecule is COc1cc(C)ccc1-c1nc(C)cc(NN)n1. The molecule has 0 aliphatic heterocycles. The molecule has 0 aliphatic rings. The molecule has 0 atom stereocenters. The molecular weight excluding hydrogens is 228 g/mol. The summed E-state index contributed by atoms with van der Waals surface area (Å²) < 4.78 is 5.36. The van der Waals surface area contributed by atoms with Crippen LogP contribution in [0.1, 0.15) is 11.3 Å². The molecule has 0 radical (unpaired) electrons. The average molecular weight is 244 g/mol. The third-order valence-corrected chi connectivity index (χ3v) is 2.60. The minimum Gasteiger partial charge on any atom is -0.496 e. The van der Waals surface area contributed by atoms with E-state index in [2.05, 4.69) is 15.4 Å². The molecule has 0 unspecified atom stereocenters. The van der Waals surface area contributed by atoms with Crippen LogP contribution < -0.4 is 16.0 Å². The Morgan fingerprint density at radius 1 is 1.17 bits per heavy atom. The molecule has 0 saturated heterocycles. The smallest absolute Gasteiger partial charge is 0.165 e. The van der Waals surface area contributed by atoms with E-state index in [1.165, 1.54) is 0 Å². The first kappa shape index (κ1) is 12.3. The molecule has 2 rings (SSSR count). The predicted octanol–water partition coefficient (Wildman–Crippen LogP) is 2.05. The number of hydrogen-bond donors (Lipinski definition) is 2. The highest BCUT2D eigenvalue weighted by molar-refractivity contribution is 5.66. The summed E-state index contributed by atoms with van der Waals surface area (Å²) in [6.07, 6.45) is 0. The quantitative estimate of drug-likeness (QED) is 0.638. The van der Waals surface area contributed by atoms with E-state index in [0.717, 1.165) is 22.6 Å². The molecule has 1 heterocycles. The number of nitrogen functional groups attached to an aromatic ring is 1. The first-order valence-electron chi connectivity index (χ1n) is 5.61. The van der Waals surface area contributed by atoms with Crippen LogP contribution in [0.25, 0.3) is 11.4 Å². The average Bonchev–Trinajstić information content (AvgIpc) is 2.37. The molecule has 2 aromatic rings. The molecule has 94 valence electrons. The van der Waals surface area contributed by atoms with Crippen LogP contribution in [0.4, 0.5) is 5.82 Å². The Bertz CT molecular complexity index is 569. The van der Waals surface area contributed by atoms with E-state index < -0.39 is 0 Å². The van der Waals surface area contributed by atoms with Gasteiger partial charge in [0.25, 0.3) is 0 Å². The number of aryl methyl sites for hydroxylation is 2. The normalized spacial score (nSPS) is 10.2. The van der Waals surface area contributed by atoms with Crippen LogP contribution in [-0.4, -0.2) is 17.1 Å². The van der Waals surface area contributed by atoms with Crippen molar-refractivity contribution in [2.75, 3.05) is 12.5 Å². The maximum atomic E-state index is 5.39. The van der Waals surface area contributed by atoms with Gasteiger partial charge in [0.2, 0.25) is 0 Å². The van der Waals surface area contributed by atoms with E-state index in [0.29, 0.717) is 11.6 Å². The molecule has 1 aromatic carbocycles. The maximum Gasteiger partial charge on any atom is 0.165 e. The second-order valence-electron chi connectivity index (χ2n) is 4.07. The van der Waals surface area contributed by atoms with Crippen LogP contribution >= 0.6 is 0 Å². The second kappa shape index (κ2) is 5.01. The Hall–Kier alpha value is -2.14. The van der Waals surface area contributed by atoms with Crippen molar-refractivity contribution in [3.8, 4) is 17.1 Å². The summed E-state index contributed by atoms with van der Waals surface area (Å²) >= 11 is 0. The Balaban J connectivity index is 2.57. The summed E-state index contributed by atoms with van der Waals surface area (Å²) in [5.74, 6) is 7.32. The van der Waals surface area contributed by atoms with Gasteiger partial charge in [-0.05, 0) is 31.5 Å². The van der Waals surface area contributed by atoms with Gasteiger partial charge in [0.05, 0.1) is 12.7 Å². The first-order valence-corrected chi connectivity index (χ1v) is 5.61. The molecule has 0 bridgehead atoms. The van der Waals surface area contributed by atoms with E-state index in [1.54, 1.807) is 13.2 Å². The fourth-order valence-corrected chi connectivity index (χ4v) is 1.75. The molecule has 1 aromatic heterocycles. The van der Waals surface area contributed by atoms with Crippen LogP contribution in [0.5, 0.6) is 5.75 Å². The lowest BCUT2D eigenvalue weighted by Gasteiger charge is -2.10. The van der Waals surface area contributed by atoms with Gasteiger partial charge < -0.3 is 10.2 Å². The van der Waals surface area contributed by atoms with E-state index in [9.17, 15) is 0 Å². The Kier molecular flexibility index (Phi) is 3.43. The summed E-state index contributed by atoms with van der Waals surface area (Å²) in [6, 6.07) is 7.68. The van der Waals surface area contributed by atoms with E-state index in [4.69, 9.17) is 10.6 Å². The molecule has 5 heteroatoms. The lowest BCUT2D eigenvalue weighted by atomic mass is 10.1. The van der Waals surface area contributed by atoms with Gasteiger partial charge in [-0.1, -0.05) is 6.07 Å². The van der Waals surface area contributed by atoms with Crippen LogP contribution in [0, 0.1) is 13.8 Å². The highest BCUT2D eigenvalue weighted by Crippen LogP contribution is 2.29. The number of aromatic nitrogens is 2. The van der Waals surface area contributed by atoms with Gasteiger partial charge in [-0.3, -0.25) is 0 Å². The highest BCUT2D eigenvalue weighted by atomic mass is 16.5. The molecule has 0 saturated carbocycles. The Labute approximate surface area is 106 Å². The second-order valence-corrected chi connectivity index (χ2v) is 4.07. The number of nitrogens with two attached hydrogens (primary N) is 1. The number of hydrazine groups is 1. The van der Waals surface area contributed by atoms with Gasteiger partial charge in [-0.2, -0.15) is 0 Å². The van der Waals surface area contributed by atoms with Crippen molar-refractivity contribution in [1.82, 2.24) is 9.97 Å². The summed E-state index contributed by atoms with van der Waals surface area (Å²) in [6.45, 7) is 3.91. The molecule has 5 nitrogen and oxygen atoms in total. The van der Waals surface area contributed by atoms with Crippen molar-refractivity contribution in [3.63, 3.8) is 0 Å². The summed E-state index contributed by atoms with van der Waals surface area (Å²) in [7, 11) is 1.64. The van der Waals surface area contributed by atoms with Gasteiger partial charge in [0, 0.05) is 11.8 Å². The van der Waals surface area contributed by atoms with Gasteiger partial charge in [-0.15, -0.1) is 0 Å². The monoisotopic (exact) mass is 244 g/mol. The molecule has 3 N–H and O–H groups in total. The largest absolute Gasteiger partial charge is 0.496 e. The highest BCUT2D eigenvalue weighted by Gasteiger charge is 2.10. The lowest BCUT2D eigenvalue weighted by molar-refractivity contribution is 0.416. The zero-order chi connectivity index (χ0) is 13.1. The summed E-state index contributed by atoms with van der Waals surface area (Å²) in [4.78, 5) is 8.74. The minimum absolute atomic E-state index is 0.583. The predicted molar refractivity (Wildman–Crippen MR) is 71.3 cm³/mol. The van der Waals surface area contributed by atoms with Crippen molar-refractivity contribution in [2.24, 2.45) is 5.84 Å². The van der Waals surface area contributed by atoms with E-state index >= 15 is 0 Å². The van der Waals surface area contributed by atoms with Gasteiger partial charge in [0.1, 0.15) is 11.6 Å². The number of methoxy groups -OCH3 is 1. The number of ether oxygens (including phenoxy) is 1. The Morgan fingerprint density at radius 2 is 1.94 bits per heavy atom. The van der Waals surface area contributed by atoms with Crippen molar-refractivity contribution in [1.29, 1.82) is 0 Å². The third-order valence-electron chi connectivity index (χ3n) is 2.60. The fraction of sp³-hybridized carbons (Fsp3) is 0.231. The fourth-order valence-electron chi connectivity index (χ4n) is 1.75. The zero-order valence-electron chi connectivity index (χ0n) is 10.7. The number of nitrogens with zero attached hydrogens (tertiary/aromatic N) is 2. The van der Waals surface area contributed by atoms with E-state index in [1.807, 2.05) is 32.0 Å². The molecule has 0 amide bonds. The van der Waals surface area contributed by atoms with Gasteiger partial charge in [-0.25, -0.2) is 15.8 Å². The van der Waals surface area contributed by atoms with Crippen LogP contribution in [0.2, 0.25) is 0 Å². The number of hydrogen-bond acceptors (Lipinski definition) is 5. The van der Waals surface area contributed by atoms with Crippen molar-refractivity contribution < 1.29 is 4.74 Å². The van der Waals surface area contributed by atoms with Crippen LogP contribution in [-0.2, 0) is 0 Å². The number of anilines is 1. The molecule has 0 fully saturated rings. The van der Waals surface area contributed by atoms with Crippen molar-refractivity contribution >= 4 is 5.82 Å². The maximum absolute atomic E-state index is 5.39. The number of rotatable bonds is 3. The van der Waals surface area contributed by atoms with Crippen LogP contribution in [0.15, 0.2) is 24.3 Å². The molecular formula is C13H16N4O. The molecule has 0 aliphatic carbocycles. The Morgan fingerprint density at radius 3 is 2.61 bits per heavy atom. The number of benzene rings is 1. The van der Waals surface area contributed by atoms with Crippen molar-refractivity contribution in [3.05, 3.63) is 35.5 Å².